The Morgan fingerprint density at radius 2 is 2.00 bits per heavy atom. The van der Waals surface area contributed by atoms with Gasteiger partial charge < -0.3 is 14.8 Å². The second-order valence-corrected chi connectivity index (χ2v) is 4.98. The van der Waals surface area contributed by atoms with Crippen LogP contribution in [0.25, 0.3) is 10.9 Å². The van der Waals surface area contributed by atoms with E-state index in [0.717, 1.165) is 18.5 Å². The van der Waals surface area contributed by atoms with Crippen molar-refractivity contribution in [3.8, 4) is 0 Å². The molecule has 1 N–H and O–H groups in total. The van der Waals surface area contributed by atoms with Crippen molar-refractivity contribution in [2.24, 2.45) is 0 Å². The zero-order valence-corrected chi connectivity index (χ0v) is 10.8. The average molecular weight is 261 g/mol. The summed E-state index contributed by atoms with van der Waals surface area (Å²) >= 11 is 0. The molecule has 0 unspecified atom stereocenters. The van der Waals surface area contributed by atoms with E-state index in [1.807, 2.05) is 11.9 Å². The van der Waals surface area contributed by atoms with Gasteiger partial charge in [-0.1, -0.05) is 12.1 Å². The lowest BCUT2D eigenvalue weighted by Crippen LogP contribution is -2.47. The summed E-state index contributed by atoms with van der Waals surface area (Å²) in [5, 5.41) is 0.734. The quantitative estimate of drug-likeness (QED) is 0.848. The molecule has 0 radical (unpaired) electrons. The number of carbonyl (C=O) groups excluding carboxylic acids is 1. The zero-order valence-electron chi connectivity index (χ0n) is 10.8. The highest BCUT2D eigenvalue weighted by Gasteiger charge is 2.22. The number of piperazine rings is 1. The van der Waals surface area contributed by atoms with E-state index in [9.17, 15) is 9.18 Å². The van der Waals surface area contributed by atoms with Crippen LogP contribution in [0.5, 0.6) is 0 Å². The van der Waals surface area contributed by atoms with Gasteiger partial charge in [0.15, 0.2) is 0 Å². The molecule has 2 heterocycles. The van der Waals surface area contributed by atoms with Gasteiger partial charge in [-0.25, -0.2) is 4.39 Å². The lowest BCUT2D eigenvalue weighted by Gasteiger charge is -2.32. The van der Waals surface area contributed by atoms with Gasteiger partial charge in [0.05, 0.1) is 5.52 Å². The molecule has 3 rings (SSSR count). The first-order chi connectivity index (χ1) is 9.15. The standard InChI is InChI=1S/C14H16FN3O/c1-17-5-7-18(8-6-17)14(19)12-9-10-3-2-4-11(15)13(10)16-12/h2-4,9,16H,5-8H2,1H3. The largest absolute Gasteiger partial charge is 0.348 e. The molecular formula is C14H16FN3O. The molecule has 1 saturated heterocycles. The van der Waals surface area contributed by atoms with Crippen LogP contribution >= 0.6 is 0 Å². The summed E-state index contributed by atoms with van der Waals surface area (Å²) in [4.78, 5) is 19.2. The van der Waals surface area contributed by atoms with Crippen molar-refractivity contribution in [2.45, 2.75) is 0 Å². The molecule has 5 heteroatoms. The third-order valence-corrected chi connectivity index (χ3v) is 3.63. The van der Waals surface area contributed by atoms with E-state index in [2.05, 4.69) is 9.88 Å². The normalized spacial score (nSPS) is 17.1. The summed E-state index contributed by atoms with van der Waals surface area (Å²) in [6.45, 7) is 3.18. The van der Waals surface area contributed by atoms with Crippen LogP contribution in [0.1, 0.15) is 10.5 Å². The number of amides is 1. The van der Waals surface area contributed by atoms with Gasteiger partial charge >= 0.3 is 0 Å². The van der Waals surface area contributed by atoms with Gasteiger partial charge in [0.2, 0.25) is 0 Å². The Hall–Kier alpha value is -1.88. The topological polar surface area (TPSA) is 39.3 Å². The monoisotopic (exact) mass is 261 g/mol. The Morgan fingerprint density at radius 1 is 1.26 bits per heavy atom. The van der Waals surface area contributed by atoms with Crippen LogP contribution in [-0.4, -0.2) is 53.9 Å². The molecule has 4 nitrogen and oxygen atoms in total. The molecule has 0 atom stereocenters. The van der Waals surface area contributed by atoms with Gasteiger partial charge in [-0.15, -0.1) is 0 Å². The molecule has 100 valence electrons. The summed E-state index contributed by atoms with van der Waals surface area (Å²) in [6.07, 6.45) is 0. The van der Waals surface area contributed by atoms with Crippen molar-refractivity contribution in [1.82, 2.24) is 14.8 Å². The molecule has 1 aliphatic rings. The van der Waals surface area contributed by atoms with Crippen molar-refractivity contribution >= 4 is 16.8 Å². The Morgan fingerprint density at radius 3 is 2.68 bits per heavy atom. The van der Waals surface area contributed by atoms with Crippen molar-refractivity contribution in [1.29, 1.82) is 0 Å². The van der Waals surface area contributed by atoms with Gasteiger partial charge in [-0.2, -0.15) is 0 Å². The van der Waals surface area contributed by atoms with E-state index >= 15 is 0 Å². The van der Waals surface area contributed by atoms with E-state index in [1.54, 1.807) is 18.2 Å². The molecule has 0 bridgehead atoms. The van der Waals surface area contributed by atoms with Crippen molar-refractivity contribution in [3.05, 3.63) is 35.8 Å². The second kappa shape index (κ2) is 4.66. The minimum Gasteiger partial charge on any atom is -0.348 e. The molecule has 2 aromatic rings. The number of carbonyl (C=O) groups is 1. The minimum atomic E-state index is -0.324. The first-order valence-corrected chi connectivity index (χ1v) is 6.40. The SMILES string of the molecule is CN1CCN(C(=O)c2cc3cccc(F)c3[nH]2)CC1. The van der Waals surface area contributed by atoms with E-state index in [0.29, 0.717) is 24.3 Å². The van der Waals surface area contributed by atoms with Crippen LogP contribution in [0.15, 0.2) is 24.3 Å². The second-order valence-electron chi connectivity index (χ2n) is 4.98. The molecule has 1 aromatic carbocycles. The maximum Gasteiger partial charge on any atom is 0.270 e. The molecule has 1 fully saturated rings. The van der Waals surface area contributed by atoms with Crippen molar-refractivity contribution in [3.63, 3.8) is 0 Å². The predicted molar refractivity (Wildman–Crippen MR) is 71.7 cm³/mol. The van der Waals surface area contributed by atoms with Crippen LogP contribution in [0.2, 0.25) is 0 Å². The fourth-order valence-electron chi connectivity index (χ4n) is 2.41. The summed E-state index contributed by atoms with van der Waals surface area (Å²) in [5.41, 5.74) is 0.865. The number of aromatic nitrogens is 1. The Kier molecular flexibility index (Phi) is 2.98. The first kappa shape index (κ1) is 12.2. The van der Waals surface area contributed by atoms with E-state index in [-0.39, 0.29) is 11.7 Å². The third-order valence-electron chi connectivity index (χ3n) is 3.63. The summed E-state index contributed by atoms with van der Waals surface area (Å²) in [5.74, 6) is -0.376. The number of rotatable bonds is 1. The number of para-hydroxylation sites is 1. The van der Waals surface area contributed by atoms with Gasteiger partial charge in [0, 0.05) is 31.6 Å². The van der Waals surface area contributed by atoms with Gasteiger partial charge in [-0.05, 0) is 19.2 Å². The van der Waals surface area contributed by atoms with Crippen LogP contribution in [-0.2, 0) is 0 Å². The maximum absolute atomic E-state index is 13.6. The molecule has 0 spiro atoms. The summed E-state index contributed by atoms with van der Waals surface area (Å²) in [7, 11) is 2.04. The van der Waals surface area contributed by atoms with E-state index in [4.69, 9.17) is 0 Å². The van der Waals surface area contributed by atoms with Gasteiger partial charge in [0.25, 0.3) is 5.91 Å². The van der Waals surface area contributed by atoms with Crippen LogP contribution in [0.4, 0.5) is 4.39 Å². The molecule has 1 aliphatic heterocycles. The van der Waals surface area contributed by atoms with Gasteiger partial charge in [-0.3, -0.25) is 4.79 Å². The average Bonchev–Trinajstić information content (AvgIpc) is 2.84. The highest BCUT2D eigenvalue weighted by Crippen LogP contribution is 2.19. The van der Waals surface area contributed by atoms with Crippen LogP contribution in [0, 0.1) is 5.82 Å². The van der Waals surface area contributed by atoms with Crippen LogP contribution < -0.4 is 0 Å². The van der Waals surface area contributed by atoms with Crippen molar-refractivity contribution < 1.29 is 9.18 Å². The number of nitrogens with one attached hydrogen (secondary N) is 1. The number of H-pyrrole nitrogens is 1. The van der Waals surface area contributed by atoms with E-state index < -0.39 is 0 Å². The number of halogens is 1. The lowest BCUT2D eigenvalue weighted by molar-refractivity contribution is 0.0659. The summed E-state index contributed by atoms with van der Waals surface area (Å²) < 4.78 is 13.6. The number of benzene rings is 1. The molecular weight excluding hydrogens is 245 g/mol. The number of aromatic amines is 1. The number of hydrogen-bond acceptors (Lipinski definition) is 2. The number of fused-ring (bicyclic) bond motifs is 1. The van der Waals surface area contributed by atoms with Crippen LogP contribution in [0.3, 0.4) is 0 Å². The maximum atomic E-state index is 13.6. The minimum absolute atomic E-state index is 0.0521. The van der Waals surface area contributed by atoms with E-state index in [1.165, 1.54) is 6.07 Å². The fraction of sp³-hybridized carbons (Fsp3) is 0.357. The molecule has 0 saturated carbocycles. The predicted octanol–water partition coefficient (Wildman–Crippen LogP) is 1.69. The highest BCUT2D eigenvalue weighted by molar-refractivity contribution is 5.98. The van der Waals surface area contributed by atoms with Crippen molar-refractivity contribution in [2.75, 3.05) is 33.2 Å². The molecule has 1 amide bonds. The number of nitrogens with zero attached hydrogens (tertiary/aromatic N) is 2. The lowest BCUT2D eigenvalue weighted by atomic mass is 10.2. The third kappa shape index (κ3) is 2.21. The molecule has 19 heavy (non-hydrogen) atoms. The summed E-state index contributed by atoms with van der Waals surface area (Å²) in [6, 6.07) is 6.56. The zero-order chi connectivity index (χ0) is 13.4. The molecule has 0 aliphatic carbocycles. The van der Waals surface area contributed by atoms with Gasteiger partial charge in [0.1, 0.15) is 11.5 Å². The Labute approximate surface area is 110 Å². The smallest absolute Gasteiger partial charge is 0.270 e. The number of hydrogen-bond donors (Lipinski definition) is 1. The fourth-order valence-corrected chi connectivity index (χ4v) is 2.41. The first-order valence-electron chi connectivity index (χ1n) is 6.40. The Balaban J connectivity index is 1.87. The molecule has 1 aromatic heterocycles. The Bertz CT molecular complexity index is 614. The number of likely N-dealkylation sites (N-methyl/N-ethyl adjacent to an activating group) is 1. The highest BCUT2D eigenvalue weighted by atomic mass is 19.1.